The Balaban J connectivity index is 1.20. The van der Waals surface area contributed by atoms with Crippen molar-refractivity contribution < 1.29 is 0 Å². The van der Waals surface area contributed by atoms with Crippen LogP contribution >= 0.6 is 22.7 Å². The second-order valence-corrected chi connectivity index (χ2v) is 17.6. The van der Waals surface area contributed by atoms with Crippen LogP contribution in [0.4, 0.5) is 0 Å². The number of hydrogen-bond donors (Lipinski definition) is 1. The Kier molecular flexibility index (Phi) is 7.80. The van der Waals surface area contributed by atoms with Gasteiger partial charge in [-0.2, -0.15) is 5.26 Å². The quantitative estimate of drug-likeness (QED) is 0.175. The summed E-state index contributed by atoms with van der Waals surface area (Å²) in [6, 6.07) is 54.6. The summed E-state index contributed by atoms with van der Waals surface area (Å²) in [4.78, 5) is 0. The number of hydrogen-bond acceptors (Lipinski definition) is 4. The Hall–Kier alpha value is -6.49. The lowest BCUT2D eigenvalue weighted by Gasteiger charge is -2.40. The van der Waals surface area contributed by atoms with Gasteiger partial charge in [-0.05, 0) is 98.3 Å². The van der Waals surface area contributed by atoms with Crippen molar-refractivity contribution in [1.29, 1.82) is 5.26 Å². The lowest BCUT2D eigenvalue weighted by molar-refractivity contribution is 0.343. The van der Waals surface area contributed by atoms with E-state index in [1.54, 1.807) is 0 Å². The number of para-hydroxylation sites is 2. The van der Waals surface area contributed by atoms with E-state index in [2.05, 4.69) is 163 Å². The number of nitrogens with one attached hydrogen (secondary N) is 1. The van der Waals surface area contributed by atoms with Crippen LogP contribution in [0.2, 0.25) is 0 Å². The average molecular weight is 783 g/mol. The first-order valence-corrected chi connectivity index (χ1v) is 21.3. The van der Waals surface area contributed by atoms with E-state index in [1.165, 1.54) is 84.2 Å². The first-order chi connectivity index (χ1) is 28.4. The van der Waals surface area contributed by atoms with Gasteiger partial charge in [0.25, 0.3) is 0 Å². The number of thiophene rings is 2. The van der Waals surface area contributed by atoms with Crippen LogP contribution in [0.3, 0.4) is 0 Å². The second kappa shape index (κ2) is 13.0. The molecule has 0 spiro atoms. The fourth-order valence-corrected chi connectivity index (χ4v) is 11.9. The maximum atomic E-state index is 9.73. The summed E-state index contributed by atoms with van der Waals surface area (Å²) in [5.41, 5.74) is 8.83. The maximum absolute atomic E-state index is 9.73. The Bertz CT molecular complexity index is 3580. The summed E-state index contributed by atoms with van der Waals surface area (Å²) in [7, 11) is 2.06. The Morgan fingerprint density at radius 1 is 0.586 bits per heavy atom. The SMILES string of the molecule is C=C(c1ccc(C#N)cc1)C(C/C(C)=C(\C)n1c2ccccc2c2c3c(ccc21)sc1ccccc13)(NC)n1c2ccccc2c2c3c(ccc21)sc1ccccc13. The Morgan fingerprint density at radius 2 is 1.10 bits per heavy atom. The zero-order valence-corrected chi connectivity index (χ0v) is 34.1. The summed E-state index contributed by atoms with van der Waals surface area (Å²) in [5.74, 6) is 0. The minimum Gasteiger partial charge on any atom is -0.317 e. The third-order valence-electron chi connectivity index (χ3n) is 12.5. The van der Waals surface area contributed by atoms with Gasteiger partial charge in [0.05, 0.1) is 33.7 Å². The minimum atomic E-state index is -0.810. The minimum absolute atomic E-state index is 0.626. The molecule has 278 valence electrons. The Labute approximate surface area is 343 Å². The molecule has 0 radical (unpaired) electrons. The van der Waals surface area contributed by atoms with Crippen molar-refractivity contribution in [3.05, 3.63) is 169 Å². The van der Waals surface area contributed by atoms with Crippen LogP contribution < -0.4 is 5.32 Å². The van der Waals surface area contributed by atoms with Crippen molar-refractivity contribution in [2.45, 2.75) is 25.9 Å². The molecule has 0 amide bonds. The normalized spacial score (nSPS) is 13.7. The highest BCUT2D eigenvalue weighted by molar-refractivity contribution is 7.26. The molecule has 0 aliphatic rings. The van der Waals surface area contributed by atoms with Crippen molar-refractivity contribution in [2.75, 3.05) is 7.05 Å². The number of benzene rings is 7. The molecule has 4 heterocycles. The highest BCUT2D eigenvalue weighted by atomic mass is 32.1. The standard InChI is InChI=1S/C52H38N4S2/c1-31(33(3)55-40-17-9-5-13-36(40)48-42(55)25-27-46-50(48)38-15-7-11-19-44(38)57-46)29-52(54-4,32(2)35-23-21-34(30-53)22-24-35)56-41-18-10-6-14-37(41)49-43(56)26-28-47-51(49)39-16-8-12-20-45(39)58-47/h5-28,54H,2,29H2,1,3-4H3/b33-31+. The zero-order valence-electron chi connectivity index (χ0n) is 32.4. The fraction of sp³-hybridized carbons (Fsp3) is 0.0962. The van der Waals surface area contributed by atoms with Gasteiger partial charge < -0.3 is 9.13 Å². The topological polar surface area (TPSA) is 45.7 Å². The molecule has 0 fully saturated rings. The molecule has 0 saturated heterocycles. The predicted molar refractivity (Wildman–Crippen MR) is 251 cm³/mol. The molecule has 1 unspecified atom stereocenters. The van der Waals surface area contributed by atoms with Gasteiger partial charge in [-0.3, -0.25) is 5.32 Å². The van der Waals surface area contributed by atoms with Crippen molar-refractivity contribution in [3.63, 3.8) is 0 Å². The van der Waals surface area contributed by atoms with E-state index in [1.807, 2.05) is 46.9 Å². The van der Waals surface area contributed by atoms with Gasteiger partial charge >= 0.3 is 0 Å². The van der Waals surface area contributed by atoms with E-state index < -0.39 is 5.66 Å². The lowest BCUT2D eigenvalue weighted by Crippen LogP contribution is -2.47. The molecule has 58 heavy (non-hydrogen) atoms. The largest absolute Gasteiger partial charge is 0.317 e. The van der Waals surface area contributed by atoms with Crippen LogP contribution in [0, 0.1) is 11.3 Å². The molecule has 0 aliphatic heterocycles. The van der Waals surface area contributed by atoms with Gasteiger partial charge in [0, 0.05) is 74.0 Å². The number of fused-ring (bicyclic) bond motifs is 14. The number of allylic oxidation sites excluding steroid dienone is 1. The first kappa shape index (κ1) is 34.7. The fourth-order valence-electron chi connectivity index (χ4n) is 9.68. The zero-order chi connectivity index (χ0) is 39.3. The van der Waals surface area contributed by atoms with Crippen molar-refractivity contribution in [1.82, 2.24) is 14.5 Å². The highest BCUT2D eigenvalue weighted by Crippen LogP contribution is 2.48. The van der Waals surface area contributed by atoms with E-state index in [9.17, 15) is 5.26 Å². The third kappa shape index (κ3) is 4.82. The van der Waals surface area contributed by atoms with E-state index in [0.29, 0.717) is 12.0 Å². The van der Waals surface area contributed by atoms with Crippen LogP contribution in [0.25, 0.3) is 95.2 Å². The highest BCUT2D eigenvalue weighted by Gasteiger charge is 2.38. The predicted octanol–water partition coefficient (Wildman–Crippen LogP) is 14.4. The van der Waals surface area contributed by atoms with E-state index in [-0.39, 0.29) is 0 Å². The van der Waals surface area contributed by atoms with Gasteiger partial charge in [0.1, 0.15) is 5.66 Å². The van der Waals surface area contributed by atoms with Crippen LogP contribution in [0.15, 0.2) is 158 Å². The van der Waals surface area contributed by atoms with Gasteiger partial charge in [0.2, 0.25) is 0 Å². The molecule has 6 heteroatoms. The molecule has 11 aromatic rings. The summed E-state index contributed by atoms with van der Waals surface area (Å²) < 4.78 is 10.2. The summed E-state index contributed by atoms with van der Waals surface area (Å²) in [6.07, 6.45) is 0.627. The molecule has 1 N–H and O–H groups in total. The van der Waals surface area contributed by atoms with Crippen molar-refractivity contribution in [3.8, 4) is 6.07 Å². The van der Waals surface area contributed by atoms with Crippen LogP contribution in [0.1, 0.15) is 31.4 Å². The van der Waals surface area contributed by atoms with Gasteiger partial charge in [-0.25, -0.2) is 0 Å². The molecule has 0 saturated carbocycles. The number of nitrogens with zero attached hydrogens (tertiary/aromatic N) is 3. The molecule has 4 aromatic heterocycles. The smallest absolute Gasteiger partial charge is 0.125 e. The van der Waals surface area contributed by atoms with Gasteiger partial charge in [-0.15, -0.1) is 22.7 Å². The second-order valence-electron chi connectivity index (χ2n) is 15.4. The molecule has 1 atom stereocenters. The maximum Gasteiger partial charge on any atom is 0.125 e. The summed E-state index contributed by atoms with van der Waals surface area (Å²) >= 11 is 3.72. The monoisotopic (exact) mass is 782 g/mol. The third-order valence-corrected chi connectivity index (χ3v) is 14.8. The summed E-state index contributed by atoms with van der Waals surface area (Å²) in [5, 5.41) is 23.9. The summed E-state index contributed by atoms with van der Waals surface area (Å²) in [6.45, 7) is 9.49. The molecule has 4 nitrogen and oxygen atoms in total. The first-order valence-electron chi connectivity index (χ1n) is 19.6. The number of rotatable bonds is 7. The molecule has 0 bridgehead atoms. The molecule has 11 rings (SSSR count). The van der Waals surface area contributed by atoms with Crippen molar-refractivity contribution >= 4 is 118 Å². The van der Waals surface area contributed by atoms with E-state index >= 15 is 0 Å². The number of likely N-dealkylation sites (N-methyl/N-ethyl adjacent to an activating group) is 1. The molecular formula is C52H38N4S2. The van der Waals surface area contributed by atoms with Crippen molar-refractivity contribution in [2.24, 2.45) is 0 Å². The number of nitriles is 1. The molecular weight excluding hydrogens is 745 g/mol. The molecule has 7 aromatic carbocycles. The molecule has 0 aliphatic carbocycles. The van der Waals surface area contributed by atoms with Crippen LogP contribution in [0.5, 0.6) is 0 Å². The van der Waals surface area contributed by atoms with Crippen LogP contribution in [-0.2, 0) is 5.66 Å². The lowest BCUT2D eigenvalue weighted by atomic mass is 9.86. The van der Waals surface area contributed by atoms with E-state index in [4.69, 9.17) is 6.58 Å². The van der Waals surface area contributed by atoms with Gasteiger partial charge in [0.15, 0.2) is 0 Å². The van der Waals surface area contributed by atoms with Gasteiger partial charge in [-0.1, -0.05) is 91.5 Å². The average Bonchev–Trinajstić information content (AvgIpc) is 4.02. The number of aromatic nitrogens is 2. The Morgan fingerprint density at radius 3 is 1.71 bits per heavy atom. The van der Waals surface area contributed by atoms with E-state index in [0.717, 1.165) is 22.2 Å². The van der Waals surface area contributed by atoms with Crippen LogP contribution in [-0.4, -0.2) is 16.2 Å².